The predicted octanol–water partition coefficient (Wildman–Crippen LogP) is 2.94. The minimum Gasteiger partial charge on any atom is -0.319 e. The van der Waals surface area contributed by atoms with E-state index in [1.54, 1.807) is 12.4 Å². The molecule has 0 aliphatic heterocycles. The molecule has 0 amide bonds. The summed E-state index contributed by atoms with van der Waals surface area (Å²) in [7, 11) is 0. The van der Waals surface area contributed by atoms with Crippen molar-refractivity contribution in [1.29, 1.82) is 0 Å². The quantitative estimate of drug-likeness (QED) is 0.839. The number of hydrogen-bond donors (Lipinski definition) is 1. The van der Waals surface area contributed by atoms with E-state index < -0.39 is 5.54 Å². The van der Waals surface area contributed by atoms with Gasteiger partial charge in [0, 0.05) is 23.3 Å². The Morgan fingerprint density at radius 3 is 2.67 bits per heavy atom. The molecule has 1 aromatic carbocycles. The van der Waals surface area contributed by atoms with Gasteiger partial charge in [-0.15, -0.1) is 0 Å². The van der Waals surface area contributed by atoms with Crippen LogP contribution in [0.5, 0.6) is 0 Å². The van der Waals surface area contributed by atoms with Crippen molar-refractivity contribution in [1.82, 2.24) is 4.98 Å². The zero-order valence-electron chi connectivity index (χ0n) is 10.8. The highest BCUT2D eigenvalue weighted by atomic mass is 16.1. The molecule has 0 aliphatic rings. The molecule has 3 nitrogen and oxygen atoms in total. The molecule has 0 unspecified atom stereocenters. The van der Waals surface area contributed by atoms with Crippen molar-refractivity contribution in [2.24, 2.45) is 5.73 Å². The summed E-state index contributed by atoms with van der Waals surface area (Å²) in [5.41, 5.74) is 6.13. The van der Waals surface area contributed by atoms with E-state index >= 15 is 0 Å². The highest BCUT2D eigenvalue weighted by Crippen LogP contribution is 2.24. The van der Waals surface area contributed by atoms with Crippen LogP contribution in [0.2, 0.25) is 0 Å². The maximum absolute atomic E-state index is 12.6. The van der Waals surface area contributed by atoms with Crippen molar-refractivity contribution in [2.45, 2.75) is 32.2 Å². The molecule has 0 bridgehead atoms. The standard InChI is InChI=1S/C15H18N2O/c1-3-15(16,4-2)14(18)13-7-5-6-11-10-17-9-8-12(11)13/h5-10H,3-4,16H2,1-2H3. The van der Waals surface area contributed by atoms with Crippen LogP contribution in [0.1, 0.15) is 37.0 Å². The number of aromatic nitrogens is 1. The summed E-state index contributed by atoms with van der Waals surface area (Å²) in [5.74, 6) is 0.0179. The summed E-state index contributed by atoms with van der Waals surface area (Å²) in [5, 5.41) is 1.90. The largest absolute Gasteiger partial charge is 0.319 e. The van der Waals surface area contributed by atoms with Crippen LogP contribution in [0.25, 0.3) is 10.8 Å². The Hall–Kier alpha value is -1.74. The summed E-state index contributed by atoms with van der Waals surface area (Å²) in [6.07, 6.45) is 4.75. The Balaban J connectivity index is 2.58. The molecule has 2 N–H and O–H groups in total. The molecular weight excluding hydrogens is 224 g/mol. The number of nitrogens with zero attached hydrogens (tertiary/aromatic N) is 1. The number of carbonyl (C=O) groups is 1. The monoisotopic (exact) mass is 242 g/mol. The third-order valence-electron chi connectivity index (χ3n) is 3.64. The highest BCUT2D eigenvalue weighted by molar-refractivity contribution is 6.12. The van der Waals surface area contributed by atoms with Crippen molar-refractivity contribution < 1.29 is 4.79 Å². The van der Waals surface area contributed by atoms with Crippen molar-refractivity contribution in [3.8, 4) is 0 Å². The smallest absolute Gasteiger partial charge is 0.183 e. The van der Waals surface area contributed by atoms with Gasteiger partial charge in [0.05, 0.1) is 5.54 Å². The molecule has 94 valence electrons. The zero-order chi connectivity index (χ0) is 13.2. The second kappa shape index (κ2) is 4.86. The van der Waals surface area contributed by atoms with Crippen LogP contribution in [0.15, 0.2) is 36.7 Å². The summed E-state index contributed by atoms with van der Waals surface area (Å²) in [6, 6.07) is 7.55. The van der Waals surface area contributed by atoms with Gasteiger partial charge in [0.25, 0.3) is 0 Å². The molecule has 18 heavy (non-hydrogen) atoms. The molecule has 0 fully saturated rings. The van der Waals surface area contributed by atoms with E-state index in [1.807, 2.05) is 38.1 Å². The first-order chi connectivity index (χ1) is 8.62. The van der Waals surface area contributed by atoms with Gasteiger partial charge in [0.1, 0.15) is 0 Å². The normalized spacial score (nSPS) is 11.7. The van der Waals surface area contributed by atoms with Crippen LogP contribution >= 0.6 is 0 Å². The molecule has 0 aliphatic carbocycles. The van der Waals surface area contributed by atoms with Crippen molar-refractivity contribution in [3.05, 3.63) is 42.2 Å². The van der Waals surface area contributed by atoms with Crippen LogP contribution < -0.4 is 5.73 Å². The Bertz CT molecular complexity index is 568. The summed E-state index contributed by atoms with van der Waals surface area (Å²) in [6.45, 7) is 3.90. The maximum atomic E-state index is 12.6. The minimum atomic E-state index is -0.766. The lowest BCUT2D eigenvalue weighted by atomic mass is 9.84. The van der Waals surface area contributed by atoms with Crippen LogP contribution in [0.4, 0.5) is 0 Å². The van der Waals surface area contributed by atoms with E-state index in [2.05, 4.69) is 4.98 Å². The average molecular weight is 242 g/mol. The SMILES string of the molecule is CCC(N)(CC)C(=O)c1cccc2cnccc12. The first-order valence-corrected chi connectivity index (χ1v) is 6.29. The van der Waals surface area contributed by atoms with E-state index in [9.17, 15) is 4.79 Å². The topological polar surface area (TPSA) is 56.0 Å². The molecule has 2 rings (SSSR count). The van der Waals surface area contributed by atoms with Gasteiger partial charge in [-0.1, -0.05) is 32.0 Å². The van der Waals surface area contributed by atoms with Gasteiger partial charge in [-0.3, -0.25) is 9.78 Å². The molecule has 1 aromatic heterocycles. The van der Waals surface area contributed by atoms with Crippen LogP contribution in [-0.4, -0.2) is 16.3 Å². The van der Waals surface area contributed by atoms with Crippen molar-refractivity contribution >= 4 is 16.6 Å². The van der Waals surface area contributed by atoms with Gasteiger partial charge in [-0.05, 0) is 24.3 Å². The van der Waals surface area contributed by atoms with Crippen LogP contribution in [0, 0.1) is 0 Å². The van der Waals surface area contributed by atoms with Gasteiger partial charge in [-0.2, -0.15) is 0 Å². The number of hydrogen-bond acceptors (Lipinski definition) is 3. The van der Waals surface area contributed by atoms with Crippen molar-refractivity contribution in [3.63, 3.8) is 0 Å². The van der Waals surface area contributed by atoms with Gasteiger partial charge >= 0.3 is 0 Å². The Morgan fingerprint density at radius 1 is 1.28 bits per heavy atom. The zero-order valence-corrected chi connectivity index (χ0v) is 10.8. The number of nitrogens with two attached hydrogens (primary N) is 1. The van der Waals surface area contributed by atoms with Gasteiger partial charge in [0.2, 0.25) is 0 Å². The molecule has 1 heterocycles. The molecule has 0 radical (unpaired) electrons. The van der Waals surface area contributed by atoms with E-state index in [0.717, 1.165) is 10.8 Å². The summed E-state index contributed by atoms with van der Waals surface area (Å²) in [4.78, 5) is 16.7. The maximum Gasteiger partial charge on any atom is 0.183 e. The van der Waals surface area contributed by atoms with E-state index in [1.165, 1.54) is 0 Å². The Kier molecular flexibility index (Phi) is 3.43. The molecule has 2 aromatic rings. The number of ketones is 1. The molecule has 0 saturated carbocycles. The number of pyridine rings is 1. The number of benzene rings is 1. The van der Waals surface area contributed by atoms with Gasteiger partial charge < -0.3 is 5.73 Å². The molecule has 0 spiro atoms. The van der Waals surface area contributed by atoms with E-state index in [-0.39, 0.29) is 5.78 Å². The summed E-state index contributed by atoms with van der Waals surface area (Å²) >= 11 is 0. The van der Waals surface area contributed by atoms with Crippen LogP contribution in [0.3, 0.4) is 0 Å². The number of fused-ring (bicyclic) bond motifs is 1. The predicted molar refractivity (Wildman–Crippen MR) is 73.6 cm³/mol. The minimum absolute atomic E-state index is 0.0179. The average Bonchev–Trinajstić information content (AvgIpc) is 2.45. The fraction of sp³-hybridized carbons (Fsp3) is 0.333. The first-order valence-electron chi connectivity index (χ1n) is 6.29. The fourth-order valence-corrected chi connectivity index (χ4v) is 2.16. The first kappa shape index (κ1) is 12.7. The Labute approximate surface area is 107 Å². The third kappa shape index (κ3) is 2.02. The number of Topliss-reactive ketones (excluding diaryl/α,β-unsaturated/α-hetero) is 1. The van der Waals surface area contributed by atoms with Crippen molar-refractivity contribution in [2.75, 3.05) is 0 Å². The molecule has 3 heteroatoms. The number of carbonyl (C=O) groups excluding carboxylic acids is 1. The molecule has 0 saturated heterocycles. The summed E-state index contributed by atoms with van der Waals surface area (Å²) < 4.78 is 0. The highest BCUT2D eigenvalue weighted by Gasteiger charge is 2.31. The lowest BCUT2D eigenvalue weighted by Crippen LogP contribution is -2.46. The molecule has 0 atom stereocenters. The van der Waals surface area contributed by atoms with Gasteiger partial charge in [0.15, 0.2) is 5.78 Å². The van der Waals surface area contributed by atoms with Crippen LogP contribution in [-0.2, 0) is 0 Å². The van der Waals surface area contributed by atoms with E-state index in [4.69, 9.17) is 5.73 Å². The third-order valence-corrected chi connectivity index (χ3v) is 3.64. The number of rotatable bonds is 4. The second-order valence-electron chi connectivity index (χ2n) is 4.59. The fourth-order valence-electron chi connectivity index (χ4n) is 2.16. The van der Waals surface area contributed by atoms with E-state index in [0.29, 0.717) is 18.4 Å². The second-order valence-corrected chi connectivity index (χ2v) is 4.59. The lowest BCUT2D eigenvalue weighted by Gasteiger charge is -2.25. The van der Waals surface area contributed by atoms with Gasteiger partial charge in [-0.25, -0.2) is 0 Å². The lowest BCUT2D eigenvalue weighted by molar-refractivity contribution is 0.0881. The Morgan fingerprint density at radius 2 is 2.00 bits per heavy atom. The molecular formula is C15H18N2O.